The van der Waals surface area contributed by atoms with Crippen molar-refractivity contribution in [2.45, 2.75) is 12.5 Å². The van der Waals surface area contributed by atoms with Gasteiger partial charge in [-0.1, -0.05) is 0 Å². The summed E-state index contributed by atoms with van der Waals surface area (Å²) >= 11 is 0. The monoisotopic (exact) mass is 201 g/mol. The minimum absolute atomic E-state index is 0.147. The largest absolute Gasteiger partial charge is 0.378 e. The summed E-state index contributed by atoms with van der Waals surface area (Å²) in [6.45, 7) is 1.97. The molecule has 6 nitrogen and oxygen atoms in total. The lowest BCUT2D eigenvalue weighted by molar-refractivity contribution is -0.126. The molecule has 14 heavy (non-hydrogen) atoms. The van der Waals surface area contributed by atoms with Crippen LogP contribution in [0.15, 0.2) is 0 Å². The van der Waals surface area contributed by atoms with E-state index in [1.54, 1.807) is 0 Å². The summed E-state index contributed by atoms with van der Waals surface area (Å²) in [7, 11) is 0. The van der Waals surface area contributed by atoms with E-state index in [2.05, 4.69) is 10.6 Å². The summed E-state index contributed by atoms with van der Waals surface area (Å²) in [6.07, 6.45) is 0.166. The van der Waals surface area contributed by atoms with Gasteiger partial charge in [0, 0.05) is 19.5 Å². The minimum atomic E-state index is -0.418. The molecule has 1 rings (SSSR count). The molecule has 1 aliphatic heterocycles. The first kappa shape index (κ1) is 10.9. The van der Waals surface area contributed by atoms with Crippen LogP contribution in [0.3, 0.4) is 0 Å². The third-order valence-corrected chi connectivity index (χ3v) is 1.91. The Morgan fingerprint density at radius 3 is 2.93 bits per heavy atom. The Balaban J connectivity index is 2.16. The Hall–Kier alpha value is -1.14. The van der Waals surface area contributed by atoms with Crippen molar-refractivity contribution < 1.29 is 14.3 Å². The van der Waals surface area contributed by atoms with Gasteiger partial charge in [0.25, 0.3) is 0 Å². The van der Waals surface area contributed by atoms with Gasteiger partial charge in [-0.25, -0.2) is 0 Å². The molecule has 0 radical (unpaired) electrons. The average Bonchev–Trinajstić information content (AvgIpc) is 2.18. The van der Waals surface area contributed by atoms with Crippen molar-refractivity contribution in [2.75, 3.05) is 26.3 Å². The molecule has 0 bridgehead atoms. The molecule has 1 saturated heterocycles. The molecule has 2 amide bonds. The lowest BCUT2D eigenvalue weighted by Crippen LogP contribution is -2.51. The van der Waals surface area contributed by atoms with Crippen molar-refractivity contribution in [2.24, 2.45) is 5.73 Å². The molecule has 0 spiro atoms. The maximum Gasteiger partial charge on any atom is 0.239 e. The van der Waals surface area contributed by atoms with E-state index in [0.29, 0.717) is 19.8 Å². The van der Waals surface area contributed by atoms with Gasteiger partial charge in [-0.2, -0.15) is 0 Å². The zero-order valence-corrected chi connectivity index (χ0v) is 7.91. The Bertz CT molecular complexity index is 214. The summed E-state index contributed by atoms with van der Waals surface area (Å²) in [5.74, 6) is -0.566. The van der Waals surface area contributed by atoms with E-state index >= 15 is 0 Å². The fraction of sp³-hybridized carbons (Fsp3) is 0.750. The number of rotatable bonds is 4. The van der Waals surface area contributed by atoms with Crippen molar-refractivity contribution in [3.63, 3.8) is 0 Å². The fourth-order valence-electron chi connectivity index (χ4n) is 1.17. The number of ether oxygens (including phenoxy) is 1. The van der Waals surface area contributed by atoms with Gasteiger partial charge in [-0.15, -0.1) is 0 Å². The van der Waals surface area contributed by atoms with Crippen LogP contribution in [-0.4, -0.2) is 44.2 Å². The van der Waals surface area contributed by atoms with Gasteiger partial charge >= 0.3 is 0 Å². The molecule has 6 heteroatoms. The molecule has 1 fully saturated rings. The summed E-state index contributed by atoms with van der Waals surface area (Å²) in [4.78, 5) is 21.8. The van der Waals surface area contributed by atoms with E-state index in [1.807, 2.05) is 0 Å². The molecule has 0 aromatic rings. The average molecular weight is 201 g/mol. The van der Waals surface area contributed by atoms with Gasteiger partial charge in [-0.05, 0) is 0 Å². The standard InChI is InChI=1S/C8H15N3O3/c9-7(12)1-2-11-8(13)6-5-14-4-3-10-6/h6,10H,1-5H2,(H2,9,12)(H,11,13). The van der Waals surface area contributed by atoms with Gasteiger partial charge in [-0.3, -0.25) is 9.59 Å². The molecule has 1 heterocycles. The molecule has 1 aliphatic rings. The highest BCUT2D eigenvalue weighted by Crippen LogP contribution is 1.92. The molecule has 4 N–H and O–H groups in total. The van der Waals surface area contributed by atoms with Crippen LogP contribution in [-0.2, 0) is 14.3 Å². The number of primary amides is 1. The van der Waals surface area contributed by atoms with Gasteiger partial charge in [0.1, 0.15) is 6.04 Å². The minimum Gasteiger partial charge on any atom is -0.378 e. The Morgan fingerprint density at radius 1 is 1.57 bits per heavy atom. The number of nitrogens with two attached hydrogens (primary N) is 1. The lowest BCUT2D eigenvalue weighted by Gasteiger charge is -2.22. The van der Waals surface area contributed by atoms with E-state index < -0.39 is 5.91 Å². The zero-order chi connectivity index (χ0) is 10.4. The number of nitrogens with one attached hydrogen (secondary N) is 2. The fourth-order valence-corrected chi connectivity index (χ4v) is 1.17. The van der Waals surface area contributed by atoms with Crippen LogP contribution >= 0.6 is 0 Å². The predicted molar refractivity (Wildman–Crippen MR) is 49.4 cm³/mol. The topological polar surface area (TPSA) is 93.5 Å². The quantitative estimate of drug-likeness (QED) is 0.489. The predicted octanol–water partition coefficient (Wildman–Crippen LogP) is -2.03. The molecule has 80 valence electrons. The maximum absolute atomic E-state index is 11.4. The number of hydrogen-bond acceptors (Lipinski definition) is 4. The van der Waals surface area contributed by atoms with Crippen LogP contribution in [0.2, 0.25) is 0 Å². The van der Waals surface area contributed by atoms with E-state index in [9.17, 15) is 9.59 Å². The second-order valence-corrected chi connectivity index (χ2v) is 3.09. The second kappa shape index (κ2) is 5.56. The highest BCUT2D eigenvalue weighted by Gasteiger charge is 2.20. The molecule has 1 atom stereocenters. The summed E-state index contributed by atoms with van der Waals surface area (Å²) < 4.78 is 5.12. The van der Waals surface area contributed by atoms with Gasteiger partial charge < -0.3 is 21.1 Å². The summed E-state index contributed by atoms with van der Waals surface area (Å²) in [6, 6.07) is -0.309. The van der Waals surface area contributed by atoms with Crippen molar-refractivity contribution in [1.29, 1.82) is 0 Å². The van der Waals surface area contributed by atoms with E-state index in [-0.39, 0.29) is 24.9 Å². The number of carbonyl (C=O) groups is 2. The first-order chi connectivity index (χ1) is 6.70. The second-order valence-electron chi connectivity index (χ2n) is 3.09. The van der Waals surface area contributed by atoms with Crippen LogP contribution in [0, 0.1) is 0 Å². The van der Waals surface area contributed by atoms with Crippen LogP contribution < -0.4 is 16.4 Å². The van der Waals surface area contributed by atoms with Crippen molar-refractivity contribution in [1.82, 2.24) is 10.6 Å². The lowest BCUT2D eigenvalue weighted by atomic mass is 10.2. The van der Waals surface area contributed by atoms with Gasteiger partial charge in [0.15, 0.2) is 0 Å². The van der Waals surface area contributed by atoms with Crippen molar-refractivity contribution >= 4 is 11.8 Å². The summed E-state index contributed by atoms with van der Waals surface area (Å²) in [5.41, 5.74) is 4.93. The smallest absolute Gasteiger partial charge is 0.239 e. The molecule has 0 saturated carbocycles. The SMILES string of the molecule is NC(=O)CCNC(=O)C1COCCN1. The Labute approximate surface area is 82.2 Å². The van der Waals surface area contributed by atoms with E-state index in [1.165, 1.54) is 0 Å². The number of morpholine rings is 1. The number of amides is 2. The first-order valence-corrected chi connectivity index (χ1v) is 4.57. The zero-order valence-electron chi connectivity index (χ0n) is 7.91. The highest BCUT2D eigenvalue weighted by molar-refractivity contribution is 5.82. The van der Waals surface area contributed by atoms with Crippen LogP contribution in [0.5, 0.6) is 0 Å². The first-order valence-electron chi connectivity index (χ1n) is 4.57. The highest BCUT2D eigenvalue weighted by atomic mass is 16.5. The molecule has 0 aliphatic carbocycles. The normalized spacial score (nSPS) is 21.6. The van der Waals surface area contributed by atoms with Gasteiger partial charge in [0.2, 0.25) is 11.8 Å². The Kier molecular flexibility index (Phi) is 4.34. The third-order valence-electron chi connectivity index (χ3n) is 1.91. The Morgan fingerprint density at radius 2 is 2.36 bits per heavy atom. The maximum atomic E-state index is 11.4. The third kappa shape index (κ3) is 3.71. The molecule has 1 unspecified atom stereocenters. The van der Waals surface area contributed by atoms with Gasteiger partial charge in [0.05, 0.1) is 13.2 Å². The number of hydrogen-bond donors (Lipinski definition) is 3. The number of carbonyl (C=O) groups excluding carboxylic acids is 2. The molecule has 0 aromatic heterocycles. The van der Waals surface area contributed by atoms with Crippen LogP contribution in [0.4, 0.5) is 0 Å². The van der Waals surface area contributed by atoms with Crippen LogP contribution in [0.25, 0.3) is 0 Å². The van der Waals surface area contributed by atoms with E-state index in [0.717, 1.165) is 0 Å². The molecular formula is C8H15N3O3. The molecular weight excluding hydrogens is 186 g/mol. The molecule has 0 aromatic carbocycles. The van der Waals surface area contributed by atoms with Crippen molar-refractivity contribution in [3.05, 3.63) is 0 Å². The van der Waals surface area contributed by atoms with Crippen LogP contribution in [0.1, 0.15) is 6.42 Å². The van der Waals surface area contributed by atoms with E-state index in [4.69, 9.17) is 10.5 Å². The van der Waals surface area contributed by atoms with Crippen molar-refractivity contribution in [3.8, 4) is 0 Å². The summed E-state index contributed by atoms with van der Waals surface area (Å²) in [5, 5.41) is 5.61.